The Labute approximate surface area is 146 Å². The van der Waals surface area contributed by atoms with Crippen molar-refractivity contribution < 1.29 is 0 Å². The highest BCUT2D eigenvalue weighted by Gasteiger charge is 2.28. The lowest BCUT2D eigenvalue weighted by Crippen LogP contribution is -2.26. The molecule has 0 amide bonds. The van der Waals surface area contributed by atoms with Crippen molar-refractivity contribution in [1.29, 1.82) is 0 Å². The lowest BCUT2D eigenvalue weighted by molar-refractivity contribution is 0.702. The summed E-state index contributed by atoms with van der Waals surface area (Å²) < 4.78 is 1.82. The predicted octanol–water partition coefficient (Wildman–Crippen LogP) is 2.74. The van der Waals surface area contributed by atoms with Crippen LogP contribution in [0, 0.1) is 0 Å². The summed E-state index contributed by atoms with van der Waals surface area (Å²) in [7, 11) is 0. The number of anilines is 1. The van der Waals surface area contributed by atoms with Gasteiger partial charge >= 0.3 is 0 Å². The van der Waals surface area contributed by atoms with E-state index in [0.717, 1.165) is 25.8 Å². The van der Waals surface area contributed by atoms with Crippen molar-refractivity contribution in [3.63, 3.8) is 0 Å². The smallest absolute Gasteiger partial charge is 0.274 e. The van der Waals surface area contributed by atoms with E-state index < -0.39 is 0 Å². The summed E-state index contributed by atoms with van der Waals surface area (Å²) in [5.74, 6) is 0.544. The predicted molar refractivity (Wildman–Crippen MR) is 97.9 cm³/mol. The van der Waals surface area contributed by atoms with Crippen LogP contribution in [0.15, 0.2) is 41.3 Å². The SMILES string of the molecule is CCNc1ncc2nc(CCc3ccccc3)c(=O)n(C3CC3)c2n1. The summed E-state index contributed by atoms with van der Waals surface area (Å²) >= 11 is 0. The van der Waals surface area contributed by atoms with Crippen LogP contribution in [0.2, 0.25) is 0 Å². The Morgan fingerprint density at radius 2 is 1.96 bits per heavy atom. The van der Waals surface area contributed by atoms with Crippen LogP contribution in [0.4, 0.5) is 5.95 Å². The fourth-order valence-corrected chi connectivity index (χ4v) is 3.04. The maximum atomic E-state index is 13.0. The molecule has 1 fully saturated rings. The summed E-state index contributed by atoms with van der Waals surface area (Å²) in [6.45, 7) is 2.73. The quantitative estimate of drug-likeness (QED) is 0.750. The van der Waals surface area contributed by atoms with Crippen molar-refractivity contribution in [2.24, 2.45) is 0 Å². The van der Waals surface area contributed by atoms with E-state index in [4.69, 9.17) is 0 Å². The second kappa shape index (κ2) is 6.63. The second-order valence-electron chi connectivity index (χ2n) is 6.38. The van der Waals surface area contributed by atoms with Gasteiger partial charge in [-0.15, -0.1) is 0 Å². The number of benzene rings is 1. The van der Waals surface area contributed by atoms with Crippen molar-refractivity contribution in [3.8, 4) is 0 Å². The van der Waals surface area contributed by atoms with Crippen LogP contribution in [-0.2, 0) is 12.8 Å². The monoisotopic (exact) mass is 335 g/mol. The topological polar surface area (TPSA) is 72.7 Å². The van der Waals surface area contributed by atoms with Crippen molar-refractivity contribution in [2.45, 2.75) is 38.6 Å². The zero-order chi connectivity index (χ0) is 17.2. The van der Waals surface area contributed by atoms with Crippen LogP contribution in [0.25, 0.3) is 11.2 Å². The van der Waals surface area contributed by atoms with Gasteiger partial charge in [-0.05, 0) is 38.2 Å². The van der Waals surface area contributed by atoms with Gasteiger partial charge in [0.15, 0.2) is 5.65 Å². The van der Waals surface area contributed by atoms with Crippen LogP contribution in [0.5, 0.6) is 0 Å². The lowest BCUT2D eigenvalue weighted by atomic mass is 10.1. The molecule has 0 saturated heterocycles. The molecule has 0 unspecified atom stereocenters. The number of hydrogen-bond acceptors (Lipinski definition) is 5. The molecule has 1 aliphatic rings. The number of nitrogens with one attached hydrogen (secondary N) is 1. The molecule has 128 valence electrons. The average molecular weight is 335 g/mol. The minimum Gasteiger partial charge on any atom is -0.354 e. The van der Waals surface area contributed by atoms with E-state index in [1.807, 2.05) is 29.7 Å². The molecule has 3 aromatic rings. The van der Waals surface area contributed by atoms with Crippen molar-refractivity contribution >= 4 is 17.1 Å². The molecular formula is C19H21N5O. The van der Waals surface area contributed by atoms with E-state index in [-0.39, 0.29) is 11.6 Å². The molecule has 1 aromatic carbocycles. The number of fused-ring (bicyclic) bond motifs is 1. The minimum atomic E-state index is -0.00733. The maximum absolute atomic E-state index is 13.0. The molecular weight excluding hydrogens is 314 g/mol. The molecule has 6 nitrogen and oxygen atoms in total. The molecule has 0 radical (unpaired) electrons. The highest BCUT2D eigenvalue weighted by atomic mass is 16.1. The molecule has 0 bridgehead atoms. The van der Waals surface area contributed by atoms with E-state index in [0.29, 0.717) is 29.2 Å². The number of rotatable bonds is 6. The summed E-state index contributed by atoms with van der Waals surface area (Å²) in [6, 6.07) is 10.4. The second-order valence-corrected chi connectivity index (χ2v) is 6.38. The van der Waals surface area contributed by atoms with Crippen LogP contribution >= 0.6 is 0 Å². The van der Waals surface area contributed by atoms with E-state index in [1.54, 1.807) is 6.20 Å². The molecule has 0 aliphatic heterocycles. The largest absolute Gasteiger partial charge is 0.354 e. The molecule has 1 N–H and O–H groups in total. The van der Waals surface area contributed by atoms with E-state index in [9.17, 15) is 4.79 Å². The Kier molecular flexibility index (Phi) is 4.17. The fourth-order valence-electron chi connectivity index (χ4n) is 3.04. The van der Waals surface area contributed by atoms with E-state index >= 15 is 0 Å². The first-order chi connectivity index (χ1) is 12.3. The van der Waals surface area contributed by atoms with Gasteiger partial charge in [0, 0.05) is 12.6 Å². The van der Waals surface area contributed by atoms with Gasteiger partial charge in [0.1, 0.15) is 11.2 Å². The normalized spacial score (nSPS) is 14.0. The molecule has 2 heterocycles. The Balaban J connectivity index is 1.74. The van der Waals surface area contributed by atoms with Gasteiger partial charge in [-0.2, -0.15) is 4.98 Å². The van der Waals surface area contributed by atoms with Gasteiger partial charge < -0.3 is 5.32 Å². The first-order valence-electron chi connectivity index (χ1n) is 8.82. The van der Waals surface area contributed by atoms with Crippen molar-refractivity contribution in [2.75, 3.05) is 11.9 Å². The highest BCUT2D eigenvalue weighted by molar-refractivity contribution is 5.71. The first kappa shape index (κ1) is 15.7. The zero-order valence-corrected chi connectivity index (χ0v) is 14.3. The molecule has 6 heteroatoms. The summed E-state index contributed by atoms with van der Waals surface area (Å²) in [5, 5.41) is 3.10. The molecule has 1 saturated carbocycles. The third-order valence-electron chi connectivity index (χ3n) is 4.44. The fraction of sp³-hybridized carbons (Fsp3) is 0.368. The van der Waals surface area contributed by atoms with Crippen LogP contribution in [0.3, 0.4) is 0 Å². The Bertz CT molecular complexity index is 947. The summed E-state index contributed by atoms with van der Waals surface area (Å²) in [6.07, 6.45) is 5.19. The average Bonchev–Trinajstić information content (AvgIpc) is 3.46. The number of aromatic nitrogens is 4. The van der Waals surface area contributed by atoms with Gasteiger partial charge in [0.2, 0.25) is 5.95 Å². The number of hydrogen-bond donors (Lipinski definition) is 1. The van der Waals surface area contributed by atoms with Crippen LogP contribution in [-0.4, -0.2) is 26.1 Å². The summed E-state index contributed by atoms with van der Waals surface area (Å²) in [5.41, 5.74) is 3.13. The third kappa shape index (κ3) is 3.24. The zero-order valence-electron chi connectivity index (χ0n) is 14.3. The van der Waals surface area contributed by atoms with Crippen molar-refractivity contribution in [3.05, 3.63) is 58.1 Å². The van der Waals surface area contributed by atoms with Gasteiger partial charge in [-0.1, -0.05) is 30.3 Å². The number of nitrogens with zero attached hydrogens (tertiary/aromatic N) is 4. The van der Waals surface area contributed by atoms with Gasteiger partial charge in [0.05, 0.1) is 6.20 Å². The third-order valence-corrected chi connectivity index (χ3v) is 4.44. The first-order valence-corrected chi connectivity index (χ1v) is 8.82. The van der Waals surface area contributed by atoms with Crippen LogP contribution in [0.1, 0.15) is 37.1 Å². The van der Waals surface area contributed by atoms with Crippen LogP contribution < -0.4 is 10.9 Å². The molecule has 0 atom stereocenters. The Hall–Kier alpha value is -2.76. The van der Waals surface area contributed by atoms with E-state index in [2.05, 4.69) is 32.4 Å². The van der Waals surface area contributed by atoms with Gasteiger partial charge in [-0.3, -0.25) is 9.36 Å². The number of aryl methyl sites for hydroxylation is 2. The molecule has 4 rings (SSSR count). The maximum Gasteiger partial charge on any atom is 0.274 e. The molecule has 0 spiro atoms. The Morgan fingerprint density at radius 1 is 1.16 bits per heavy atom. The molecule has 2 aromatic heterocycles. The lowest BCUT2D eigenvalue weighted by Gasteiger charge is -2.11. The van der Waals surface area contributed by atoms with E-state index in [1.165, 1.54) is 5.56 Å². The summed E-state index contributed by atoms with van der Waals surface area (Å²) in [4.78, 5) is 26.4. The minimum absolute atomic E-state index is 0.00733. The molecule has 25 heavy (non-hydrogen) atoms. The van der Waals surface area contributed by atoms with Crippen molar-refractivity contribution in [1.82, 2.24) is 19.5 Å². The van der Waals surface area contributed by atoms with Gasteiger partial charge in [0.25, 0.3) is 5.56 Å². The van der Waals surface area contributed by atoms with Gasteiger partial charge in [-0.25, -0.2) is 9.97 Å². The standard InChI is InChI=1S/C19H21N5O/c1-2-20-19-21-12-16-17(23-19)24(14-9-10-14)18(25)15(22-16)11-8-13-6-4-3-5-7-13/h3-7,12,14H,2,8-11H2,1H3,(H,20,21,23). The highest BCUT2D eigenvalue weighted by Crippen LogP contribution is 2.35. The Morgan fingerprint density at radius 3 is 2.68 bits per heavy atom. The molecule has 1 aliphatic carbocycles.